The molecule has 2 rings (SSSR count). The summed E-state index contributed by atoms with van der Waals surface area (Å²) in [5.41, 5.74) is 6.95. The second-order valence-electron chi connectivity index (χ2n) is 3.48. The summed E-state index contributed by atoms with van der Waals surface area (Å²) >= 11 is 0. The van der Waals surface area contributed by atoms with Gasteiger partial charge in [-0.05, 0) is 18.9 Å². The van der Waals surface area contributed by atoms with Crippen LogP contribution in [0, 0.1) is 0 Å². The zero-order valence-corrected chi connectivity index (χ0v) is 7.66. The zero-order chi connectivity index (χ0) is 9.42. The third-order valence-electron chi connectivity index (χ3n) is 2.37. The molecule has 0 radical (unpaired) electrons. The Morgan fingerprint density at radius 2 is 2.46 bits per heavy atom. The van der Waals surface area contributed by atoms with Crippen LogP contribution < -0.4 is 5.73 Å². The van der Waals surface area contributed by atoms with Crippen molar-refractivity contribution in [1.29, 1.82) is 0 Å². The van der Waals surface area contributed by atoms with E-state index in [-0.39, 0.29) is 12.3 Å². The van der Waals surface area contributed by atoms with Crippen LogP contribution in [0.15, 0.2) is 6.07 Å². The Morgan fingerprint density at radius 3 is 3.00 bits per heavy atom. The molecule has 0 amide bonds. The van der Waals surface area contributed by atoms with Crippen molar-refractivity contribution in [2.24, 2.45) is 12.8 Å². The van der Waals surface area contributed by atoms with Gasteiger partial charge in [0.2, 0.25) is 0 Å². The minimum atomic E-state index is -0.0399. The Bertz CT molecular complexity index is 339. The maximum atomic E-state index is 11.3. The molecule has 1 aromatic rings. The molecule has 0 unspecified atom stereocenters. The first kappa shape index (κ1) is 8.44. The zero-order valence-electron chi connectivity index (χ0n) is 7.66. The summed E-state index contributed by atoms with van der Waals surface area (Å²) in [7, 11) is 1.79. The number of carbonyl (C=O) groups excluding carboxylic acids is 1. The highest BCUT2D eigenvalue weighted by molar-refractivity contribution is 5.96. The van der Waals surface area contributed by atoms with Crippen molar-refractivity contribution in [1.82, 2.24) is 9.78 Å². The van der Waals surface area contributed by atoms with Crippen molar-refractivity contribution >= 4 is 5.78 Å². The molecule has 0 atom stereocenters. The largest absolute Gasteiger partial charge is 0.324 e. The Hall–Kier alpha value is -1.16. The van der Waals surface area contributed by atoms with Gasteiger partial charge >= 0.3 is 0 Å². The summed E-state index contributed by atoms with van der Waals surface area (Å²) < 4.78 is 1.63. The van der Waals surface area contributed by atoms with Crippen LogP contribution in [0.4, 0.5) is 0 Å². The number of aryl methyl sites for hydroxylation is 1. The number of ketones is 1. The van der Waals surface area contributed by atoms with Crippen molar-refractivity contribution in [3.63, 3.8) is 0 Å². The Morgan fingerprint density at radius 1 is 1.77 bits per heavy atom. The van der Waals surface area contributed by atoms with Gasteiger partial charge in [-0.3, -0.25) is 9.48 Å². The fourth-order valence-corrected chi connectivity index (χ4v) is 1.43. The number of hydrogen-bond donors (Lipinski definition) is 1. The van der Waals surface area contributed by atoms with E-state index >= 15 is 0 Å². The van der Waals surface area contributed by atoms with Crippen molar-refractivity contribution in [2.45, 2.75) is 18.8 Å². The van der Waals surface area contributed by atoms with E-state index in [0.29, 0.717) is 11.6 Å². The fourth-order valence-electron chi connectivity index (χ4n) is 1.43. The molecule has 4 heteroatoms. The van der Waals surface area contributed by atoms with E-state index in [2.05, 4.69) is 5.10 Å². The summed E-state index contributed by atoms with van der Waals surface area (Å²) in [6.07, 6.45) is 2.40. The molecular weight excluding hydrogens is 166 g/mol. The van der Waals surface area contributed by atoms with Crippen LogP contribution in [0.5, 0.6) is 0 Å². The Balaban J connectivity index is 2.29. The quantitative estimate of drug-likeness (QED) is 0.685. The molecule has 0 saturated heterocycles. The lowest BCUT2D eigenvalue weighted by molar-refractivity contribution is 0.0992. The van der Waals surface area contributed by atoms with Gasteiger partial charge in [0.25, 0.3) is 0 Å². The van der Waals surface area contributed by atoms with E-state index in [1.165, 1.54) is 12.8 Å². The molecule has 70 valence electrons. The van der Waals surface area contributed by atoms with Gasteiger partial charge in [-0.1, -0.05) is 0 Å². The van der Waals surface area contributed by atoms with Crippen molar-refractivity contribution in [3.8, 4) is 0 Å². The lowest BCUT2D eigenvalue weighted by Crippen LogP contribution is -2.16. The highest BCUT2D eigenvalue weighted by atomic mass is 16.1. The SMILES string of the molecule is Cn1nc(C2CC2)cc1C(=O)CN. The van der Waals surface area contributed by atoms with E-state index in [9.17, 15) is 4.79 Å². The average Bonchev–Trinajstić information content (AvgIpc) is 2.89. The molecular formula is C9H13N3O. The van der Waals surface area contributed by atoms with E-state index in [1.807, 2.05) is 6.07 Å². The predicted octanol–water partition coefficient (Wildman–Crippen LogP) is 0.439. The first-order chi connectivity index (χ1) is 6.22. The van der Waals surface area contributed by atoms with Crippen molar-refractivity contribution < 1.29 is 4.79 Å². The van der Waals surface area contributed by atoms with Gasteiger partial charge in [0.1, 0.15) is 5.69 Å². The fraction of sp³-hybridized carbons (Fsp3) is 0.556. The number of nitrogens with zero attached hydrogens (tertiary/aromatic N) is 2. The highest BCUT2D eigenvalue weighted by Gasteiger charge is 2.27. The monoisotopic (exact) mass is 179 g/mol. The number of hydrogen-bond acceptors (Lipinski definition) is 3. The Kier molecular flexibility index (Phi) is 1.92. The van der Waals surface area contributed by atoms with Crippen LogP contribution in [0.25, 0.3) is 0 Å². The van der Waals surface area contributed by atoms with Crippen LogP contribution in [-0.2, 0) is 7.05 Å². The standard InChI is InChI=1S/C9H13N3O/c1-12-8(9(13)5-10)4-7(11-12)6-2-3-6/h4,6H,2-3,5,10H2,1H3. The van der Waals surface area contributed by atoms with E-state index in [0.717, 1.165) is 5.69 Å². The molecule has 2 N–H and O–H groups in total. The van der Waals surface area contributed by atoms with E-state index in [1.54, 1.807) is 11.7 Å². The molecule has 13 heavy (non-hydrogen) atoms. The van der Waals surface area contributed by atoms with Gasteiger partial charge in [0.05, 0.1) is 12.2 Å². The molecule has 1 saturated carbocycles. The van der Waals surface area contributed by atoms with Gasteiger partial charge in [-0.15, -0.1) is 0 Å². The maximum absolute atomic E-state index is 11.3. The summed E-state index contributed by atoms with van der Waals surface area (Å²) in [6, 6.07) is 1.87. The summed E-state index contributed by atoms with van der Waals surface area (Å²) in [6.45, 7) is 0.0592. The highest BCUT2D eigenvalue weighted by Crippen LogP contribution is 2.39. The molecule has 0 aromatic carbocycles. The molecule has 0 bridgehead atoms. The topological polar surface area (TPSA) is 60.9 Å². The number of Topliss-reactive ketones (excluding diaryl/α,β-unsaturated/α-hetero) is 1. The first-order valence-corrected chi connectivity index (χ1v) is 4.49. The number of rotatable bonds is 3. The van der Waals surface area contributed by atoms with Crippen LogP contribution in [0.3, 0.4) is 0 Å². The molecule has 1 aliphatic carbocycles. The average molecular weight is 179 g/mol. The van der Waals surface area contributed by atoms with Crippen LogP contribution in [-0.4, -0.2) is 22.1 Å². The molecule has 1 aliphatic rings. The van der Waals surface area contributed by atoms with Gasteiger partial charge in [-0.2, -0.15) is 5.10 Å². The first-order valence-electron chi connectivity index (χ1n) is 4.49. The second-order valence-corrected chi connectivity index (χ2v) is 3.48. The summed E-state index contributed by atoms with van der Waals surface area (Å²) in [4.78, 5) is 11.3. The summed E-state index contributed by atoms with van der Waals surface area (Å²) in [5, 5.41) is 4.28. The Labute approximate surface area is 76.7 Å². The van der Waals surface area contributed by atoms with Gasteiger partial charge in [0, 0.05) is 13.0 Å². The minimum Gasteiger partial charge on any atom is -0.324 e. The van der Waals surface area contributed by atoms with Gasteiger partial charge < -0.3 is 5.73 Å². The van der Waals surface area contributed by atoms with Crippen molar-refractivity contribution in [3.05, 3.63) is 17.5 Å². The van der Waals surface area contributed by atoms with Gasteiger partial charge in [-0.25, -0.2) is 0 Å². The number of nitrogens with two attached hydrogens (primary N) is 1. The van der Waals surface area contributed by atoms with E-state index in [4.69, 9.17) is 5.73 Å². The molecule has 4 nitrogen and oxygen atoms in total. The predicted molar refractivity (Wildman–Crippen MR) is 48.6 cm³/mol. The van der Waals surface area contributed by atoms with Crippen molar-refractivity contribution in [2.75, 3.05) is 6.54 Å². The molecule has 0 spiro atoms. The van der Waals surface area contributed by atoms with Crippen LogP contribution in [0.2, 0.25) is 0 Å². The molecule has 1 aromatic heterocycles. The smallest absolute Gasteiger partial charge is 0.194 e. The number of carbonyl (C=O) groups is 1. The molecule has 0 aliphatic heterocycles. The third kappa shape index (κ3) is 1.49. The van der Waals surface area contributed by atoms with E-state index < -0.39 is 0 Å². The normalized spacial score (nSPS) is 16.2. The van der Waals surface area contributed by atoms with Gasteiger partial charge in [0.15, 0.2) is 5.78 Å². The minimum absolute atomic E-state index is 0.0399. The second kappa shape index (κ2) is 2.96. The lowest BCUT2D eigenvalue weighted by Gasteiger charge is -1.95. The molecule has 1 heterocycles. The van der Waals surface area contributed by atoms with Crippen LogP contribution in [0.1, 0.15) is 34.9 Å². The lowest BCUT2D eigenvalue weighted by atomic mass is 10.2. The molecule has 1 fully saturated rings. The summed E-state index contributed by atoms with van der Waals surface area (Å²) in [5.74, 6) is 0.549. The maximum Gasteiger partial charge on any atom is 0.194 e. The third-order valence-corrected chi connectivity index (χ3v) is 2.37. The number of aromatic nitrogens is 2. The van der Waals surface area contributed by atoms with Crippen LogP contribution >= 0.6 is 0 Å².